The lowest BCUT2D eigenvalue weighted by Gasteiger charge is -2.20. The summed E-state index contributed by atoms with van der Waals surface area (Å²) < 4.78 is 0. The molecule has 0 unspecified atom stereocenters. The van der Waals surface area contributed by atoms with Crippen LogP contribution in [-0.2, 0) is 0 Å². The van der Waals surface area contributed by atoms with E-state index in [2.05, 4.69) is 24.2 Å². The van der Waals surface area contributed by atoms with Crippen LogP contribution in [0.3, 0.4) is 0 Å². The van der Waals surface area contributed by atoms with E-state index in [1.807, 2.05) is 0 Å². The van der Waals surface area contributed by atoms with Gasteiger partial charge in [0, 0.05) is 19.6 Å². The fraction of sp³-hybridized carbons (Fsp3) is 1.00. The number of halogens is 1. The van der Waals surface area contributed by atoms with Crippen molar-refractivity contribution in [3.05, 3.63) is 0 Å². The molecule has 2 saturated heterocycles. The largest absolute Gasteiger partial charge is 0.316 e. The summed E-state index contributed by atoms with van der Waals surface area (Å²) in [6.07, 6.45) is 0. The zero-order chi connectivity index (χ0) is 7.19. The predicted octanol–water partition coefficient (Wildman–Crippen LogP) is 0.579. The first kappa shape index (κ1) is 9.30. The molecule has 0 spiro atoms. The first-order valence-corrected chi connectivity index (χ1v) is 4.10. The van der Waals surface area contributed by atoms with Gasteiger partial charge in [0.15, 0.2) is 0 Å². The predicted molar refractivity (Wildman–Crippen MR) is 49.2 cm³/mol. The monoisotopic (exact) mass is 176 g/mol. The minimum Gasteiger partial charge on any atom is -0.316 e. The lowest BCUT2D eigenvalue weighted by atomic mass is 9.83. The van der Waals surface area contributed by atoms with E-state index in [0.29, 0.717) is 5.41 Å². The third kappa shape index (κ3) is 1.40. The van der Waals surface area contributed by atoms with Gasteiger partial charge in [-0.05, 0) is 24.9 Å². The summed E-state index contributed by atoms with van der Waals surface area (Å²) in [7, 11) is 2.23. The Hall–Kier alpha value is 0.210. The molecule has 2 nitrogen and oxygen atoms in total. The first-order chi connectivity index (χ1) is 4.71. The van der Waals surface area contributed by atoms with Crippen LogP contribution in [0.25, 0.3) is 0 Å². The number of fused-ring (bicyclic) bond motifs is 1. The molecule has 1 N–H and O–H groups in total. The zero-order valence-electron chi connectivity index (χ0n) is 7.26. The van der Waals surface area contributed by atoms with Gasteiger partial charge in [0.25, 0.3) is 0 Å². The van der Waals surface area contributed by atoms with Crippen LogP contribution < -0.4 is 5.32 Å². The maximum absolute atomic E-state index is 3.46. The number of likely N-dealkylation sites (tertiary alicyclic amines) is 1. The second-order valence-electron chi connectivity index (χ2n) is 4.18. The van der Waals surface area contributed by atoms with E-state index in [9.17, 15) is 0 Å². The Morgan fingerprint density at radius 3 is 2.91 bits per heavy atom. The van der Waals surface area contributed by atoms with Gasteiger partial charge in [-0.15, -0.1) is 12.4 Å². The second-order valence-corrected chi connectivity index (χ2v) is 4.18. The molecule has 2 rings (SSSR count). The smallest absolute Gasteiger partial charge is 0.00482 e. The summed E-state index contributed by atoms with van der Waals surface area (Å²) in [6.45, 7) is 7.44. The van der Waals surface area contributed by atoms with Crippen molar-refractivity contribution >= 4 is 12.4 Å². The van der Waals surface area contributed by atoms with Crippen molar-refractivity contribution in [2.45, 2.75) is 6.92 Å². The molecule has 0 aliphatic carbocycles. The highest BCUT2D eigenvalue weighted by molar-refractivity contribution is 5.85. The molecule has 2 heterocycles. The number of nitrogens with zero attached hydrogens (tertiary/aromatic N) is 1. The van der Waals surface area contributed by atoms with Crippen LogP contribution in [0.5, 0.6) is 0 Å². The van der Waals surface area contributed by atoms with Crippen molar-refractivity contribution < 1.29 is 0 Å². The highest BCUT2D eigenvalue weighted by Gasteiger charge is 2.44. The number of hydrogen-bond donors (Lipinski definition) is 1. The van der Waals surface area contributed by atoms with Crippen molar-refractivity contribution in [1.29, 1.82) is 0 Å². The minimum atomic E-state index is 0. The lowest BCUT2D eigenvalue weighted by Crippen LogP contribution is -2.27. The standard InChI is InChI=1S/C8H16N2.ClH/c1-8-5-9-3-7(8)4-10(2)6-8;/h7,9H,3-6H2,1-2H3;1H/t7-,8+;/m0./s1. The summed E-state index contributed by atoms with van der Waals surface area (Å²) in [6, 6.07) is 0. The topological polar surface area (TPSA) is 15.3 Å². The fourth-order valence-corrected chi connectivity index (χ4v) is 2.45. The molecule has 3 heteroatoms. The van der Waals surface area contributed by atoms with Crippen LogP contribution in [-0.4, -0.2) is 38.1 Å². The van der Waals surface area contributed by atoms with Gasteiger partial charge in [-0.1, -0.05) is 6.92 Å². The lowest BCUT2D eigenvalue weighted by molar-refractivity contribution is 0.309. The Morgan fingerprint density at radius 1 is 1.55 bits per heavy atom. The fourth-order valence-electron chi connectivity index (χ4n) is 2.45. The Morgan fingerprint density at radius 2 is 2.27 bits per heavy atom. The molecule has 0 aromatic carbocycles. The first-order valence-electron chi connectivity index (χ1n) is 4.10. The van der Waals surface area contributed by atoms with Gasteiger partial charge in [-0.25, -0.2) is 0 Å². The maximum atomic E-state index is 3.46. The summed E-state index contributed by atoms with van der Waals surface area (Å²) in [5.41, 5.74) is 0.592. The molecule has 66 valence electrons. The highest BCUT2D eigenvalue weighted by Crippen LogP contribution is 2.37. The molecule has 0 bridgehead atoms. The summed E-state index contributed by atoms with van der Waals surface area (Å²) >= 11 is 0. The molecule has 2 atom stereocenters. The van der Waals surface area contributed by atoms with Crippen molar-refractivity contribution in [3.8, 4) is 0 Å². The van der Waals surface area contributed by atoms with E-state index in [1.54, 1.807) is 0 Å². The van der Waals surface area contributed by atoms with Crippen molar-refractivity contribution in [3.63, 3.8) is 0 Å². The summed E-state index contributed by atoms with van der Waals surface area (Å²) in [5.74, 6) is 0.914. The minimum absolute atomic E-state index is 0. The highest BCUT2D eigenvalue weighted by atomic mass is 35.5. The Kier molecular flexibility index (Phi) is 2.47. The van der Waals surface area contributed by atoms with E-state index in [4.69, 9.17) is 0 Å². The quantitative estimate of drug-likeness (QED) is 0.581. The molecule has 11 heavy (non-hydrogen) atoms. The number of rotatable bonds is 0. The molecule has 0 saturated carbocycles. The van der Waals surface area contributed by atoms with Crippen LogP contribution in [0.15, 0.2) is 0 Å². The van der Waals surface area contributed by atoms with Crippen molar-refractivity contribution in [2.24, 2.45) is 11.3 Å². The Balaban J connectivity index is 0.000000605. The number of hydrogen-bond acceptors (Lipinski definition) is 2. The molecule has 2 aliphatic heterocycles. The third-order valence-electron chi connectivity index (χ3n) is 3.07. The van der Waals surface area contributed by atoms with Gasteiger partial charge in [-0.3, -0.25) is 0 Å². The van der Waals surface area contributed by atoms with Gasteiger partial charge < -0.3 is 10.2 Å². The van der Waals surface area contributed by atoms with Gasteiger partial charge in [0.05, 0.1) is 0 Å². The van der Waals surface area contributed by atoms with E-state index < -0.39 is 0 Å². The maximum Gasteiger partial charge on any atom is 0.00482 e. The van der Waals surface area contributed by atoms with E-state index >= 15 is 0 Å². The molecule has 0 aromatic heterocycles. The van der Waals surface area contributed by atoms with Gasteiger partial charge in [0.1, 0.15) is 0 Å². The Labute approximate surface area is 74.7 Å². The van der Waals surface area contributed by atoms with E-state index in [0.717, 1.165) is 5.92 Å². The van der Waals surface area contributed by atoms with Crippen LogP contribution in [0.4, 0.5) is 0 Å². The van der Waals surface area contributed by atoms with E-state index in [1.165, 1.54) is 26.2 Å². The average Bonchev–Trinajstić information content (AvgIpc) is 2.20. The normalized spacial score (nSPS) is 43.6. The molecular weight excluding hydrogens is 160 g/mol. The molecule has 0 aromatic rings. The van der Waals surface area contributed by atoms with E-state index in [-0.39, 0.29) is 12.4 Å². The molecule has 2 fully saturated rings. The molecular formula is C8H17ClN2. The summed E-state index contributed by atoms with van der Waals surface area (Å²) in [4.78, 5) is 2.45. The average molecular weight is 177 g/mol. The van der Waals surface area contributed by atoms with Crippen molar-refractivity contribution in [1.82, 2.24) is 10.2 Å². The molecule has 2 aliphatic rings. The number of nitrogens with one attached hydrogen (secondary N) is 1. The Bertz CT molecular complexity index is 151. The van der Waals surface area contributed by atoms with Crippen LogP contribution in [0.1, 0.15) is 6.92 Å². The zero-order valence-corrected chi connectivity index (χ0v) is 8.08. The van der Waals surface area contributed by atoms with Crippen LogP contribution >= 0.6 is 12.4 Å². The van der Waals surface area contributed by atoms with Crippen molar-refractivity contribution in [2.75, 3.05) is 33.2 Å². The van der Waals surface area contributed by atoms with Crippen LogP contribution in [0, 0.1) is 11.3 Å². The van der Waals surface area contributed by atoms with Gasteiger partial charge in [-0.2, -0.15) is 0 Å². The molecule has 0 amide bonds. The van der Waals surface area contributed by atoms with Gasteiger partial charge >= 0.3 is 0 Å². The SMILES string of the molecule is CN1C[C@@H]2CNC[C@]2(C)C1.Cl. The van der Waals surface area contributed by atoms with Gasteiger partial charge in [0.2, 0.25) is 0 Å². The summed E-state index contributed by atoms with van der Waals surface area (Å²) in [5, 5.41) is 3.46. The second kappa shape index (κ2) is 2.92. The third-order valence-corrected chi connectivity index (χ3v) is 3.07. The molecule has 0 radical (unpaired) electrons. The van der Waals surface area contributed by atoms with Crippen LogP contribution in [0.2, 0.25) is 0 Å².